The van der Waals surface area contributed by atoms with Gasteiger partial charge in [0.2, 0.25) is 10.0 Å². The topological polar surface area (TPSA) is 57.7 Å². The molecule has 1 fully saturated rings. The van der Waals surface area contributed by atoms with Gasteiger partial charge in [-0.15, -0.1) is 0 Å². The Hall–Kier alpha value is -2.18. The second-order valence-electron chi connectivity index (χ2n) is 7.33. The molecule has 142 valence electrons. The first-order valence-electron chi connectivity index (χ1n) is 9.48. The van der Waals surface area contributed by atoms with Gasteiger partial charge in [0.25, 0.3) is 5.91 Å². The van der Waals surface area contributed by atoms with Gasteiger partial charge in [-0.2, -0.15) is 4.31 Å². The summed E-state index contributed by atoms with van der Waals surface area (Å²) in [5, 5.41) is 0. The number of carbonyl (C=O) groups is 1. The molecule has 2 aliphatic heterocycles. The Bertz CT molecular complexity index is 961. The minimum atomic E-state index is -3.45. The SMILES string of the molecule is Cc1ccc(C(=O)N2CCc3cc(S(=O)(=O)N4CCCCC4)ccc32)cc1. The fourth-order valence-corrected chi connectivity index (χ4v) is 5.42. The van der Waals surface area contributed by atoms with E-state index in [4.69, 9.17) is 0 Å². The second kappa shape index (κ2) is 7.09. The van der Waals surface area contributed by atoms with Crippen LogP contribution in [0.1, 0.15) is 40.7 Å². The third kappa shape index (κ3) is 3.39. The van der Waals surface area contributed by atoms with Crippen molar-refractivity contribution in [3.8, 4) is 0 Å². The van der Waals surface area contributed by atoms with Gasteiger partial charge < -0.3 is 4.90 Å². The van der Waals surface area contributed by atoms with Crippen molar-refractivity contribution in [2.45, 2.75) is 37.5 Å². The molecule has 2 aromatic carbocycles. The number of rotatable bonds is 3. The highest BCUT2D eigenvalue weighted by Crippen LogP contribution is 2.32. The van der Waals surface area contributed by atoms with E-state index < -0.39 is 10.0 Å². The molecule has 1 saturated heterocycles. The van der Waals surface area contributed by atoms with Crippen molar-refractivity contribution >= 4 is 21.6 Å². The molecule has 0 spiro atoms. The molecule has 0 saturated carbocycles. The lowest BCUT2D eigenvalue weighted by atomic mass is 10.1. The summed E-state index contributed by atoms with van der Waals surface area (Å²) in [6.45, 7) is 3.76. The molecular formula is C21H24N2O3S. The van der Waals surface area contributed by atoms with Crippen LogP contribution < -0.4 is 4.90 Å². The number of hydrogen-bond donors (Lipinski definition) is 0. The fraction of sp³-hybridized carbons (Fsp3) is 0.381. The van der Waals surface area contributed by atoms with Gasteiger partial charge in [-0.25, -0.2) is 8.42 Å². The largest absolute Gasteiger partial charge is 0.308 e. The van der Waals surface area contributed by atoms with Crippen LogP contribution in [0, 0.1) is 6.92 Å². The Kier molecular flexibility index (Phi) is 4.78. The average molecular weight is 385 g/mol. The summed E-state index contributed by atoms with van der Waals surface area (Å²) in [5.74, 6) is -0.0413. The third-order valence-electron chi connectivity index (χ3n) is 5.44. The number of amides is 1. The first-order chi connectivity index (χ1) is 13.0. The molecule has 2 aliphatic rings. The Morgan fingerprint density at radius 3 is 2.33 bits per heavy atom. The number of piperidine rings is 1. The van der Waals surface area contributed by atoms with E-state index in [0.29, 0.717) is 36.5 Å². The minimum absolute atomic E-state index is 0.0413. The van der Waals surface area contributed by atoms with Gasteiger partial charge >= 0.3 is 0 Å². The van der Waals surface area contributed by atoms with Gasteiger partial charge in [-0.1, -0.05) is 24.1 Å². The summed E-state index contributed by atoms with van der Waals surface area (Å²) < 4.78 is 27.4. The molecule has 0 bridgehead atoms. The van der Waals surface area contributed by atoms with E-state index in [1.54, 1.807) is 27.4 Å². The quantitative estimate of drug-likeness (QED) is 0.815. The smallest absolute Gasteiger partial charge is 0.258 e. The van der Waals surface area contributed by atoms with Crippen molar-refractivity contribution in [2.75, 3.05) is 24.5 Å². The van der Waals surface area contributed by atoms with Crippen LogP contribution in [0.5, 0.6) is 0 Å². The van der Waals surface area contributed by atoms with Crippen LogP contribution in [0.15, 0.2) is 47.4 Å². The predicted octanol–water partition coefficient (Wildman–Crippen LogP) is 3.37. The molecule has 4 rings (SSSR count). The first kappa shape index (κ1) is 18.2. The van der Waals surface area contributed by atoms with E-state index in [1.807, 2.05) is 31.2 Å². The maximum atomic E-state index is 12.9. The van der Waals surface area contributed by atoms with Gasteiger partial charge in [0.05, 0.1) is 4.90 Å². The number of sulfonamides is 1. The molecule has 0 N–H and O–H groups in total. The summed E-state index contributed by atoms with van der Waals surface area (Å²) >= 11 is 0. The number of anilines is 1. The molecule has 0 aromatic heterocycles. The monoisotopic (exact) mass is 384 g/mol. The van der Waals surface area contributed by atoms with E-state index in [9.17, 15) is 13.2 Å². The maximum Gasteiger partial charge on any atom is 0.258 e. The van der Waals surface area contributed by atoms with Crippen LogP contribution in [-0.4, -0.2) is 38.3 Å². The van der Waals surface area contributed by atoms with Crippen molar-refractivity contribution < 1.29 is 13.2 Å². The zero-order valence-electron chi connectivity index (χ0n) is 15.5. The summed E-state index contributed by atoms with van der Waals surface area (Å²) in [5.41, 5.74) is 3.51. The maximum absolute atomic E-state index is 12.9. The van der Waals surface area contributed by atoms with Crippen molar-refractivity contribution in [3.05, 3.63) is 59.2 Å². The molecule has 2 heterocycles. The lowest BCUT2D eigenvalue weighted by molar-refractivity contribution is 0.0989. The van der Waals surface area contributed by atoms with Gasteiger partial charge in [0.15, 0.2) is 0 Å². The van der Waals surface area contributed by atoms with Crippen LogP contribution in [-0.2, 0) is 16.4 Å². The molecule has 6 heteroatoms. The number of aryl methyl sites for hydroxylation is 1. The Morgan fingerprint density at radius 2 is 1.63 bits per heavy atom. The number of benzene rings is 2. The second-order valence-corrected chi connectivity index (χ2v) is 9.27. The van der Waals surface area contributed by atoms with Gasteiger partial charge in [-0.05, 0) is 62.1 Å². The van der Waals surface area contributed by atoms with Crippen LogP contribution in [0.2, 0.25) is 0 Å². The van der Waals surface area contributed by atoms with Crippen molar-refractivity contribution in [1.82, 2.24) is 4.31 Å². The number of carbonyl (C=O) groups excluding carboxylic acids is 1. The van der Waals surface area contributed by atoms with Gasteiger partial charge in [-0.3, -0.25) is 4.79 Å². The molecule has 0 radical (unpaired) electrons. The summed E-state index contributed by atoms with van der Waals surface area (Å²) in [7, 11) is -3.45. The zero-order chi connectivity index (χ0) is 19.0. The van der Waals surface area contributed by atoms with E-state index in [0.717, 1.165) is 36.1 Å². The van der Waals surface area contributed by atoms with E-state index in [-0.39, 0.29) is 5.91 Å². The Labute approximate surface area is 160 Å². The summed E-state index contributed by atoms with van der Waals surface area (Å²) in [4.78, 5) is 14.9. The lowest BCUT2D eigenvalue weighted by Gasteiger charge is -2.26. The molecule has 5 nitrogen and oxygen atoms in total. The molecule has 0 unspecified atom stereocenters. The molecule has 0 aliphatic carbocycles. The first-order valence-corrected chi connectivity index (χ1v) is 10.9. The highest BCUT2D eigenvalue weighted by atomic mass is 32.2. The predicted molar refractivity (Wildman–Crippen MR) is 106 cm³/mol. The lowest BCUT2D eigenvalue weighted by Crippen LogP contribution is -2.35. The van der Waals surface area contributed by atoms with Crippen LogP contribution in [0.4, 0.5) is 5.69 Å². The van der Waals surface area contributed by atoms with E-state index in [1.165, 1.54) is 0 Å². The van der Waals surface area contributed by atoms with Crippen LogP contribution >= 0.6 is 0 Å². The molecule has 0 atom stereocenters. The highest BCUT2D eigenvalue weighted by Gasteiger charge is 2.30. The molecule has 2 aromatic rings. The average Bonchev–Trinajstić information content (AvgIpc) is 3.12. The van der Waals surface area contributed by atoms with Crippen molar-refractivity contribution in [3.63, 3.8) is 0 Å². The zero-order valence-corrected chi connectivity index (χ0v) is 16.3. The third-order valence-corrected chi connectivity index (χ3v) is 7.34. The van der Waals surface area contributed by atoms with Crippen molar-refractivity contribution in [1.29, 1.82) is 0 Å². The number of nitrogens with zero attached hydrogens (tertiary/aromatic N) is 2. The van der Waals surface area contributed by atoms with Crippen LogP contribution in [0.3, 0.4) is 0 Å². The van der Waals surface area contributed by atoms with E-state index in [2.05, 4.69) is 0 Å². The van der Waals surface area contributed by atoms with Gasteiger partial charge in [0, 0.05) is 30.9 Å². The minimum Gasteiger partial charge on any atom is -0.308 e. The Balaban J connectivity index is 1.60. The van der Waals surface area contributed by atoms with E-state index >= 15 is 0 Å². The molecular weight excluding hydrogens is 360 g/mol. The van der Waals surface area contributed by atoms with Crippen molar-refractivity contribution in [2.24, 2.45) is 0 Å². The fourth-order valence-electron chi connectivity index (χ4n) is 3.86. The molecule has 27 heavy (non-hydrogen) atoms. The standard InChI is InChI=1S/C21H24N2O3S/c1-16-5-7-17(8-6-16)21(24)23-14-11-18-15-19(9-10-20(18)23)27(25,26)22-12-3-2-4-13-22/h5-10,15H,2-4,11-14H2,1H3. The highest BCUT2D eigenvalue weighted by molar-refractivity contribution is 7.89. The normalized spacial score (nSPS) is 17.7. The number of fused-ring (bicyclic) bond motifs is 1. The number of hydrogen-bond acceptors (Lipinski definition) is 3. The van der Waals surface area contributed by atoms with Crippen LogP contribution in [0.25, 0.3) is 0 Å². The summed E-state index contributed by atoms with van der Waals surface area (Å²) in [6.07, 6.45) is 3.61. The molecule has 1 amide bonds. The summed E-state index contributed by atoms with van der Waals surface area (Å²) in [6, 6.07) is 12.7. The Morgan fingerprint density at radius 1 is 0.926 bits per heavy atom. The van der Waals surface area contributed by atoms with Gasteiger partial charge in [0.1, 0.15) is 0 Å².